The molecule has 1 aromatic heterocycles. The summed E-state index contributed by atoms with van der Waals surface area (Å²) in [4.78, 5) is 15.8. The Bertz CT molecular complexity index is 450. The molecule has 1 aliphatic rings. The van der Waals surface area contributed by atoms with Gasteiger partial charge in [-0.15, -0.1) is 0 Å². The summed E-state index contributed by atoms with van der Waals surface area (Å²) in [5.74, 6) is 1.49. The van der Waals surface area contributed by atoms with Gasteiger partial charge in [0.05, 0.1) is 10.6 Å². The highest BCUT2D eigenvalue weighted by molar-refractivity contribution is 6.33. The van der Waals surface area contributed by atoms with Crippen LogP contribution in [0.25, 0.3) is 0 Å². The fourth-order valence-electron chi connectivity index (χ4n) is 2.47. The van der Waals surface area contributed by atoms with Gasteiger partial charge in [0.2, 0.25) is 0 Å². The van der Waals surface area contributed by atoms with Gasteiger partial charge in [-0.2, -0.15) is 0 Å². The number of carbonyl (C=O) groups excluding carboxylic acids is 1. The zero-order valence-electron chi connectivity index (χ0n) is 10.4. The molecular formula is C13H18ClN3O. The van der Waals surface area contributed by atoms with E-state index in [0.717, 1.165) is 5.92 Å². The molecule has 1 heterocycles. The van der Waals surface area contributed by atoms with Crippen molar-refractivity contribution in [3.05, 3.63) is 22.8 Å². The summed E-state index contributed by atoms with van der Waals surface area (Å²) in [5.41, 5.74) is 5.95. The van der Waals surface area contributed by atoms with Crippen molar-refractivity contribution in [1.29, 1.82) is 0 Å². The molecule has 0 aliphatic heterocycles. The monoisotopic (exact) mass is 267 g/mol. The number of nitrogens with zero attached hydrogens (tertiary/aromatic N) is 1. The number of rotatable bonds is 3. The van der Waals surface area contributed by atoms with Gasteiger partial charge in [-0.3, -0.25) is 4.79 Å². The molecule has 3 N–H and O–H groups in total. The quantitative estimate of drug-likeness (QED) is 0.884. The molecule has 1 fully saturated rings. The fourth-order valence-corrected chi connectivity index (χ4v) is 2.66. The van der Waals surface area contributed by atoms with Crippen LogP contribution in [-0.2, 0) is 0 Å². The molecule has 0 bridgehead atoms. The zero-order chi connectivity index (χ0) is 13.1. The Kier molecular flexibility index (Phi) is 4.07. The number of aromatic nitrogens is 1. The second-order valence-electron chi connectivity index (χ2n) is 5.08. The van der Waals surface area contributed by atoms with Crippen molar-refractivity contribution in [3.63, 3.8) is 0 Å². The number of hydrogen-bond acceptors (Lipinski definition) is 3. The molecule has 2 rings (SSSR count). The minimum absolute atomic E-state index is 0.173. The lowest BCUT2D eigenvalue weighted by Crippen LogP contribution is -2.28. The van der Waals surface area contributed by atoms with Crippen molar-refractivity contribution in [1.82, 2.24) is 10.3 Å². The number of pyridine rings is 1. The Hall–Kier alpha value is -1.29. The third-order valence-corrected chi connectivity index (χ3v) is 3.78. The van der Waals surface area contributed by atoms with E-state index >= 15 is 0 Å². The van der Waals surface area contributed by atoms with Crippen LogP contribution in [0.4, 0.5) is 5.82 Å². The van der Waals surface area contributed by atoms with E-state index < -0.39 is 0 Å². The van der Waals surface area contributed by atoms with Gasteiger partial charge in [-0.1, -0.05) is 24.9 Å². The van der Waals surface area contributed by atoms with Crippen molar-refractivity contribution in [2.75, 3.05) is 12.3 Å². The van der Waals surface area contributed by atoms with Crippen molar-refractivity contribution in [2.45, 2.75) is 26.2 Å². The summed E-state index contributed by atoms with van der Waals surface area (Å²) in [6, 6.07) is 1.51. The predicted octanol–water partition coefficient (Wildman–Crippen LogP) is 2.48. The van der Waals surface area contributed by atoms with Crippen LogP contribution in [0.5, 0.6) is 0 Å². The molecule has 0 aromatic carbocycles. The summed E-state index contributed by atoms with van der Waals surface area (Å²) in [5, 5.41) is 3.26. The van der Waals surface area contributed by atoms with Crippen LogP contribution in [-0.4, -0.2) is 17.4 Å². The fraction of sp³-hybridized carbons (Fsp3) is 0.538. The number of hydrogen-bond donors (Lipinski definition) is 2. The van der Waals surface area contributed by atoms with Gasteiger partial charge in [0.15, 0.2) is 0 Å². The second kappa shape index (κ2) is 5.57. The number of carbonyl (C=O) groups is 1. The molecule has 18 heavy (non-hydrogen) atoms. The van der Waals surface area contributed by atoms with Crippen LogP contribution < -0.4 is 11.1 Å². The van der Waals surface area contributed by atoms with E-state index in [4.69, 9.17) is 17.3 Å². The van der Waals surface area contributed by atoms with Gasteiger partial charge < -0.3 is 11.1 Å². The highest BCUT2D eigenvalue weighted by atomic mass is 35.5. The summed E-state index contributed by atoms with van der Waals surface area (Å²) in [7, 11) is 0. The van der Waals surface area contributed by atoms with E-state index in [2.05, 4.69) is 17.2 Å². The topological polar surface area (TPSA) is 68.0 Å². The van der Waals surface area contributed by atoms with Crippen molar-refractivity contribution < 1.29 is 4.79 Å². The zero-order valence-corrected chi connectivity index (χ0v) is 11.2. The highest BCUT2D eigenvalue weighted by Crippen LogP contribution is 2.29. The van der Waals surface area contributed by atoms with E-state index in [1.807, 2.05) is 0 Å². The lowest BCUT2D eigenvalue weighted by atomic mass is 10.1. The number of nitrogen functional groups attached to an aromatic ring is 1. The van der Waals surface area contributed by atoms with Crippen LogP contribution in [0.2, 0.25) is 5.02 Å². The lowest BCUT2D eigenvalue weighted by Gasteiger charge is -2.12. The molecule has 1 saturated carbocycles. The minimum Gasteiger partial charge on any atom is -0.384 e. The first-order valence-corrected chi connectivity index (χ1v) is 6.63. The van der Waals surface area contributed by atoms with E-state index in [1.165, 1.54) is 31.5 Å². The maximum absolute atomic E-state index is 12.0. The molecule has 98 valence electrons. The number of amides is 1. The molecular weight excluding hydrogens is 250 g/mol. The number of anilines is 1. The maximum atomic E-state index is 12.0. The molecule has 0 saturated heterocycles. The van der Waals surface area contributed by atoms with Crippen molar-refractivity contribution in [2.24, 2.45) is 11.8 Å². The molecule has 2 atom stereocenters. The van der Waals surface area contributed by atoms with E-state index in [-0.39, 0.29) is 5.91 Å². The minimum atomic E-state index is -0.173. The van der Waals surface area contributed by atoms with Gasteiger partial charge in [-0.25, -0.2) is 4.98 Å². The molecule has 5 heteroatoms. The van der Waals surface area contributed by atoms with Gasteiger partial charge in [0.1, 0.15) is 5.82 Å². The first kappa shape index (κ1) is 13.1. The maximum Gasteiger partial charge on any atom is 0.252 e. The molecule has 2 unspecified atom stereocenters. The van der Waals surface area contributed by atoms with Crippen LogP contribution >= 0.6 is 11.6 Å². The van der Waals surface area contributed by atoms with Gasteiger partial charge in [0, 0.05) is 12.7 Å². The standard InChI is InChI=1S/C13H18ClN3O/c1-8-2-3-9(4-8)6-17-13(18)10-5-12(15)16-7-11(10)14/h5,7-9H,2-4,6H2,1H3,(H2,15,16)(H,17,18). The number of nitrogens with two attached hydrogens (primary N) is 1. The first-order chi connectivity index (χ1) is 8.56. The van der Waals surface area contributed by atoms with Crippen molar-refractivity contribution in [3.8, 4) is 0 Å². The van der Waals surface area contributed by atoms with Crippen molar-refractivity contribution >= 4 is 23.3 Å². The highest BCUT2D eigenvalue weighted by Gasteiger charge is 2.22. The Balaban J connectivity index is 1.93. The molecule has 0 radical (unpaired) electrons. The third kappa shape index (κ3) is 3.13. The third-order valence-electron chi connectivity index (χ3n) is 3.48. The summed E-state index contributed by atoms with van der Waals surface area (Å²) >= 11 is 5.93. The van der Waals surface area contributed by atoms with Crippen LogP contribution in [0.1, 0.15) is 36.5 Å². The molecule has 1 amide bonds. The van der Waals surface area contributed by atoms with E-state index in [0.29, 0.717) is 28.9 Å². The SMILES string of the molecule is CC1CCC(CNC(=O)c2cc(N)ncc2Cl)C1. The van der Waals surface area contributed by atoms with Crippen LogP contribution in [0, 0.1) is 11.8 Å². The Morgan fingerprint density at radius 3 is 3.06 bits per heavy atom. The normalized spacial score (nSPS) is 23.0. The van der Waals surface area contributed by atoms with Crippen LogP contribution in [0.15, 0.2) is 12.3 Å². The summed E-state index contributed by atoms with van der Waals surface area (Å²) in [6.45, 7) is 2.96. The number of nitrogens with one attached hydrogen (secondary N) is 1. The summed E-state index contributed by atoms with van der Waals surface area (Å²) in [6.07, 6.45) is 5.03. The Labute approximate surface area is 112 Å². The van der Waals surface area contributed by atoms with Crippen LogP contribution in [0.3, 0.4) is 0 Å². The average molecular weight is 268 g/mol. The van der Waals surface area contributed by atoms with Gasteiger partial charge in [-0.05, 0) is 30.7 Å². The average Bonchev–Trinajstić information content (AvgIpc) is 2.75. The van der Waals surface area contributed by atoms with E-state index in [1.54, 1.807) is 0 Å². The Morgan fingerprint density at radius 1 is 1.61 bits per heavy atom. The summed E-state index contributed by atoms with van der Waals surface area (Å²) < 4.78 is 0. The predicted molar refractivity (Wildman–Crippen MR) is 72.5 cm³/mol. The molecule has 1 aromatic rings. The smallest absolute Gasteiger partial charge is 0.252 e. The Morgan fingerprint density at radius 2 is 2.39 bits per heavy atom. The van der Waals surface area contributed by atoms with Gasteiger partial charge in [0.25, 0.3) is 5.91 Å². The van der Waals surface area contributed by atoms with E-state index in [9.17, 15) is 4.79 Å². The lowest BCUT2D eigenvalue weighted by molar-refractivity contribution is 0.0947. The second-order valence-corrected chi connectivity index (χ2v) is 5.49. The first-order valence-electron chi connectivity index (χ1n) is 6.25. The number of halogens is 1. The molecule has 0 spiro atoms. The van der Waals surface area contributed by atoms with Gasteiger partial charge >= 0.3 is 0 Å². The largest absolute Gasteiger partial charge is 0.384 e. The molecule has 1 aliphatic carbocycles. The molecule has 4 nitrogen and oxygen atoms in total.